The van der Waals surface area contributed by atoms with Crippen molar-refractivity contribution >= 4 is 40.4 Å². The molecule has 0 atom stereocenters. The van der Waals surface area contributed by atoms with Gasteiger partial charge in [0.05, 0.1) is 11.3 Å². The highest BCUT2D eigenvalue weighted by atomic mass is 35.5. The van der Waals surface area contributed by atoms with Crippen LogP contribution < -0.4 is 9.80 Å². The number of carbonyl (C=O) groups excluding carboxylic acids is 2. The van der Waals surface area contributed by atoms with Crippen LogP contribution in [-0.4, -0.2) is 18.9 Å². The maximum Gasteiger partial charge on any atom is 0.282 e. The van der Waals surface area contributed by atoms with E-state index in [1.54, 1.807) is 29.2 Å². The zero-order valence-electron chi connectivity index (χ0n) is 17.0. The van der Waals surface area contributed by atoms with Crippen LogP contribution in [0.4, 0.5) is 11.4 Å². The van der Waals surface area contributed by atoms with E-state index in [1.165, 1.54) is 4.90 Å². The first-order valence-corrected chi connectivity index (χ1v) is 10.0. The van der Waals surface area contributed by atoms with Crippen LogP contribution in [0.2, 0.25) is 5.02 Å². The number of hydrogen-bond donors (Lipinski definition) is 0. The molecular formula is C25H21ClN2O2. The molecule has 0 radical (unpaired) electrons. The number of hydrogen-bond acceptors (Lipinski definition) is 3. The molecule has 2 amide bonds. The molecular weight excluding hydrogens is 396 g/mol. The molecule has 0 aliphatic carbocycles. The van der Waals surface area contributed by atoms with E-state index in [2.05, 4.69) is 0 Å². The van der Waals surface area contributed by atoms with Gasteiger partial charge in [0.15, 0.2) is 0 Å². The molecule has 0 saturated heterocycles. The summed E-state index contributed by atoms with van der Waals surface area (Å²) in [6.07, 6.45) is 0. The molecule has 4 nitrogen and oxygen atoms in total. The Balaban J connectivity index is 1.91. The highest BCUT2D eigenvalue weighted by Crippen LogP contribution is 2.37. The minimum Gasteiger partial charge on any atom is -0.339 e. The number of para-hydroxylation sites is 1. The standard InChI is InChI=1S/C25H21ClN2O2/c1-16-9-14-21(17(2)15-16)22-23(27(3)19-7-5-4-6-8-19)25(30)28(24(22)29)20-12-10-18(26)11-13-20/h4-15H,1-3H3. The van der Waals surface area contributed by atoms with Crippen LogP contribution in [0.1, 0.15) is 16.7 Å². The number of benzene rings is 3. The number of likely N-dealkylation sites (N-methyl/N-ethyl adjacent to an activating group) is 1. The van der Waals surface area contributed by atoms with Gasteiger partial charge in [0.25, 0.3) is 11.8 Å². The maximum atomic E-state index is 13.6. The summed E-state index contributed by atoms with van der Waals surface area (Å²) < 4.78 is 0. The van der Waals surface area contributed by atoms with Crippen LogP contribution in [0.25, 0.3) is 5.57 Å². The van der Waals surface area contributed by atoms with Crippen molar-refractivity contribution in [1.82, 2.24) is 0 Å². The number of anilines is 2. The Morgan fingerprint density at radius 1 is 0.833 bits per heavy atom. The third kappa shape index (κ3) is 3.40. The molecule has 1 heterocycles. The van der Waals surface area contributed by atoms with Gasteiger partial charge in [0.2, 0.25) is 0 Å². The van der Waals surface area contributed by atoms with Crippen LogP contribution >= 0.6 is 11.6 Å². The first-order chi connectivity index (χ1) is 14.4. The van der Waals surface area contributed by atoms with Gasteiger partial charge in [0, 0.05) is 17.8 Å². The van der Waals surface area contributed by atoms with Gasteiger partial charge in [-0.1, -0.05) is 53.6 Å². The SMILES string of the molecule is Cc1ccc(C2=C(N(C)c3ccccc3)C(=O)N(c3ccc(Cl)cc3)C2=O)c(C)c1. The first-order valence-electron chi connectivity index (χ1n) is 9.63. The number of halogens is 1. The zero-order chi connectivity index (χ0) is 21.4. The number of imide groups is 1. The average molecular weight is 417 g/mol. The van der Waals surface area contributed by atoms with E-state index in [-0.39, 0.29) is 11.8 Å². The van der Waals surface area contributed by atoms with E-state index < -0.39 is 0 Å². The van der Waals surface area contributed by atoms with Crippen molar-refractivity contribution in [2.75, 3.05) is 16.8 Å². The van der Waals surface area contributed by atoms with Gasteiger partial charge in [-0.25, -0.2) is 4.90 Å². The van der Waals surface area contributed by atoms with Gasteiger partial charge in [0.1, 0.15) is 5.70 Å². The van der Waals surface area contributed by atoms with Gasteiger partial charge in [-0.05, 0) is 61.4 Å². The zero-order valence-corrected chi connectivity index (χ0v) is 17.8. The molecule has 3 aromatic rings. The number of nitrogens with zero attached hydrogens (tertiary/aromatic N) is 2. The minimum absolute atomic E-state index is 0.341. The minimum atomic E-state index is -0.358. The summed E-state index contributed by atoms with van der Waals surface area (Å²) in [5, 5.41) is 0.544. The lowest BCUT2D eigenvalue weighted by atomic mass is 9.97. The number of aryl methyl sites for hydroxylation is 2. The Hall–Kier alpha value is -3.37. The Morgan fingerprint density at radius 2 is 1.50 bits per heavy atom. The average Bonchev–Trinajstić information content (AvgIpc) is 2.99. The molecule has 30 heavy (non-hydrogen) atoms. The Bertz CT molecular complexity index is 1170. The number of carbonyl (C=O) groups is 2. The molecule has 0 fully saturated rings. The van der Waals surface area contributed by atoms with Gasteiger partial charge < -0.3 is 4.90 Å². The van der Waals surface area contributed by atoms with Gasteiger partial charge >= 0.3 is 0 Å². The smallest absolute Gasteiger partial charge is 0.282 e. The van der Waals surface area contributed by atoms with E-state index in [4.69, 9.17) is 11.6 Å². The molecule has 0 N–H and O–H groups in total. The molecule has 0 saturated carbocycles. The second-order valence-electron chi connectivity index (χ2n) is 7.36. The maximum absolute atomic E-state index is 13.6. The predicted octanol–water partition coefficient (Wildman–Crippen LogP) is 5.38. The van der Waals surface area contributed by atoms with Gasteiger partial charge in [-0.2, -0.15) is 0 Å². The summed E-state index contributed by atoms with van der Waals surface area (Å²) >= 11 is 6.00. The van der Waals surface area contributed by atoms with Crippen LogP contribution in [0.5, 0.6) is 0 Å². The van der Waals surface area contributed by atoms with Crippen LogP contribution in [0.15, 0.2) is 78.5 Å². The molecule has 0 aromatic heterocycles. The van der Waals surface area contributed by atoms with Gasteiger partial charge in [-0.15, -0.1) is 0 Å². The van der Waals surface area contributed by atoms with E-state index in [1.807, 2.05) is 69.4 Å². The normalized spacial score (nSPS) is 13.9. The van der Waals surface area contributed by atoms with Crippen LogP contribution in [0.3, 0.4) is 0 Å². The van der Waals surface area contributed by atoms with Crippen LogP contribution in [-0.2, 0) is 9.59 Å². The number of rotatable bonds is 4. The first kappa shape index (κ1) is 19.9. The van der Waals surface area contributed by atoms with Crippen molar-refractivity contribution in [3.63, 3.8) is 0 Å². The lowest BCUT2D eigenvalue weighted by Gasteiger charge is -2.21. The van der Waals surface area contributed by atoms with Crippen molar-refractivity contribution < 1.29 is 9.59 Å². The summed E-state index contributed by atoms with van der Waals surface area (Å²) in [6, 6.07) is 22.2. The highest BCUT2D eigenvalue weighted by molar-refractivity contribution is 6.46. The van der Waals surface area contributed by atoms with Crippen molar-refractivity contribution in [2.45, 2.75) is 13.8 Å². The van der Waals surface area contributed by atoms with Crippen molar-refractivity contribution in [3.8, 4) is 0 Å². The monoisotopic (exact) mass is 416 g/mol. The van der Waals surface area contributed by atoms with E-state index in [9.17, 15) is 9.59 Å². The largest absolute Gasteiger partial charge is 0.339 e. The fraction of sp³-hybridized carbons (Fsp3) is 0.120. The topological polar surface area (TPSA) is 40.6 Å². The lowest BCUT2D eigenvalue weighted by molar-refractivity contribution is -0.120. The Labute approximate surface area is 181 Å². The summed E-state index contributed by atoms with van der Waals surface area (Å²) in [5.74, 6) is -0.698. The fourth-order valence-electron chi connectivity index (χ4n) is 3.77. The summed E-state index contributed by atoms with van der Waals surface area (Å²) in [5.41, 5.74) is 4.88. The molecule has 3 aromatic carbocycles. The highest BCUT2D eigenvalue weighted by Gasteiger charge is 2.42. The van der Waals surface area contributed by atoms with Crippen molar-refractivity contribution in [2.24, 2.45) is 0 Å². The molecule has 1 aliphatic rings. The molecule has 0 unspecified atom stereocenters. The quantitative estimate of drug-likeness (QED) is 0.536. The van der Waals surface area contributed by atoms with Crippen molar-refractivity contribution in [1.29, 1.82) is 0 Å². The molecule has 150 valence electrons. The summed E-state index contributed by atoms with van der Waals surface area (Å²) in [4.78, 5) is 30.1. The molecule has 4 rings (SSSR count). The molecule has 0 bridgehead atoms. The number of amides is 2. The Kier molecular flexibility index (Phi) is 5.18. The van der Waals surface area contributed by atoms with Gasteiger partial charge in [-0.3, -0.25) is 9.59 Å². The second-order valence-corrected chi connectivity index (χ2v) is 7.80. The lowest BCUT2D eigenvalue weighted by Crippen LogP contribution is -2.34. The molecule has 5 heteroatoms. The molecule has 1 aliphatic heterocycles. The van der Waals surface area contributed by atoms with E-state index in [0.717, 1.165) is 22.4 Å². The fourth-order valence-corrected chi connectivity index (χ4v) is 3.90. The van der Waals surface area contributed by atoms with Crippen molar-refractivity contribution in [3.05, 3.63) is 100 Å². The van der Waals surface area contributed by atoms with E-state index in [0.29, 0.717) is 22.0 Å². The predicted molar refractivity (Wildman–Crippen MR) is 122 cm³/mol. The summed E-state index contributed by atoms with van der Waals surface area (Å²) in [7, 11) is 1.81. The molecule has 0 spiro atoms. The summed E-state index contributed by atoms with van der Waals surface area (Å²) in [6.45, 7) is 3.96. The van der Waals surface area contributed by atoms with E-state index >= 15 is 0 Å². The second kappa shape index (κ2) is 7.81. The van der Waals surface area contributed by atoms with Crippen LogP contribution in [0, 0.1) is 13.8 Å². The third-order valence-corrected chi connectivity index (χ3v) is 5.53. The Morgan fingerprint density at radius 3 is 2.13 bits per heavy atom. The third-order valence-electron chi connectivity index (χ3n) is 5.27.